The Labute approximate surface area is 132 Å². The number of anilines is 1. The Balaban J connectivity index is 2.15. The standard InChI is InChI=1S/C18H26N2O2/c1-5-14-8-6-7-13(4)17(14)20-11-15(9-16(20)21)18(22)19-10-12(2)3/h6-8,12,15H,5,9-11H2,1-4H3,(H,19,22). The van der Waals surface area contributed by atoms with Gasteiger partial charge in [0.25, 0.3) is 0 Å². The third kappa shape index (κ3) is 3.49. The predicted molar refractivity (Wildman–Crippen MR) is 88.9 cm³/mol. The lowest BCUT2D eigenvalue weighted by Crippen LogP contribution is -2.35. The smallest absolute Gasteiger partial charge is 0.227 e. The van der Waals surface area contributed by atoms with Crippen LogP contribution in [-0.4, -0.2) is 24.9 Å². The van der Waals surface area contributed by atoms with Gasteiger partial charge in [-0.05, 0) is 30.4 Å². The summed E-state index contributed by atoms with van der Waals surface area (Å²) in [7, 11) is 0. The van der Waals surface area contributed by atoms with Crippen molar-refractivity contribution in [2.24, 2.45) is 11.8 Å². The second-order valence-corrected chi connectivity index (χ2v) is 6.48. The fourth-order valence-corrected chi connectivity index (χ4v) is 2.94. The van der Waals surface area contributed by atoms with Crippen molar-refractivity contribution >= 4 is 17.5 Å². The molecule has 120 valence electrons. The molecule has 1 aliphatic rings. The van der Waals surface area contributed by atoms with E-state index in [1.807, 2.05) is 19.1 Å². The van der Waals surface area contributed by atoms with Crippen LogP contribution in [0.4, 0.5) is 5.69 Å². The Bertz CT molecular complexity index is 566. The summed E-state index contributed by atoms with van der Waals surface area (Å²) in [5.74, 6) is 0.223. The first-order valence-corrected chi connectivity index (χ1v) is 8.10. The number of carbonyl (C=O) groups is 2. The molecule has 1 aliphatic heterocycles. The molecule has 1 N–H and O–H groups in total. The SMILES string of the molecule is CCc1cccc(C)c1N1CC(C(=O)NCC(C)C)CC1=O. The lowest BCUT2D eigenvalue weighted by molar-refractivity contribution is -0.126. The van der Waals surface area contributed by atoms with Gasteiger partial charge in [0, 0.05) is 25.2 Å². The zero-order chi connectivity index (χ0) is 16.3. The number of aryl methyl sites for hydroxylation is 2. The van der Waals surface area contributed by atoms with Crippen LogP contribution in [0, 0.1) is 18.8 Å². The number of para-hydroxylation sites is 1. The summed E-state index contributed by atoms with van der Waals surface area (Å²) in [5, 5.41) is 2.94. The fourth-order valence-electron chi connectivity index (χ4n) is 2.94. The third-order valence-electron chi connectivity index (χ3n) is 4.15. The van der Waals surface area contributed by atoms with Gasteiger partial charge in [0.1, 0.15) is 0 Å². The molecule has 2 amide bonds. The number of nitrogens with zero attached hydrogens (tertiary/aromatic N) is 1. The van der Waals surface area contributed by atoms with E-state index in [4.69, 9.17) is 0 Å². The quantitative estimate of drug-likeness (QED) is 0.909. The average molecular weight is 302 g/mol. The van der Waals surface area contributed by atoms with Gasteiger partial charge >= 0.3 is 0 Å². The molecular formula is C18H26N2O2. The molecule has 0 aromatic heterocycles. The first-order valence-electron chi connectivity index (χ1n) is 8.10. The Morgan fingerprint density at radius 2 is 2.14 bits per heavy atom. The van der Waals surface area contributed by atoms with Crippen molar-refractivity contribution in [1.82, 2.24) is 5.32 Å². The molecule has 1 aromatic carbocycles. The number of carbonyl (C=O) groups excluding carboxylic acids is 2. The van der Waals surface area contributed by atoms with Crippen LogP contribution in [0.25, 0.3) is 0 Å². The van der Waals surface area contributed by atoms with Gasteiger partial charge in [0.15, 0.2) is 0 Å². The molecule has 0 radical (unpaired) electrons. The highest BCUT2D eigenvalue weighted by Crippen LogP contribution is 2.31. The lowest BCUT2D eigenvalue weighted by Gasteiger charge is -2.22. The maximum Gasteiger partial charge on any atom is 0.227 e. The van der Waals surface area contributed by atoms with Crippen LogP contribution in [0.5, 0.6) is 0 Å². The number of nitrogens with one attached hydrogen (secondary N) is 1. The molecule has 4 nitrogen and oxygen atoms in total. The molecular weight excluding hydrogens is 276 g/mol. The molecule has 0 bridgehead atoms. The Morgan fingerprint density at radius 1 is 1.41 bits per heavy atom. The second kappa shape index (κ2) is 6.95. The predicted octanol–water partition coefficient (Wildman–Crippen LogP) is 2.68. The average Bonchev–Trinajstić information content (AvgIpc) is 2.86. The van der Waals surface area contributed by atoms with Crippen molar-refractivity contribution in [3.8, 4) is 0 Å². The van der Waals surface area contributed by atoms with E-state index in [0.717, 1.165) is 23.2 Å². The Hall–Kier alpha value is -1.84. The van der Waals surface area contributed by atoms with Crippen LogP contribution in [0.2, 0.25) is 0 Å². The molecule has 4 heteroatoms. The number of amides is 2. The minimum absolute atomic E-state index is 0.00353. The van der Waals surface area contributed by atoms with Crippen molar-refractivity contribution < 1.29 is 9.59 Å². The maximum atomic E-state index is 12.4. The highest BCUT2D eigenvalue weighted by atomic mass is 16.2. The number of hydrogen-bond acceptors (Lipinski definition) is 2. The molecule has 2 rings (SSSR count). The van der Waals surface area contributed by atoms with Crippen LogP contribution < -0.4 is 10.2 Å². The molecule has 1 fully saturated rings. The van der Waals surface area contributed by atoms with E-state index in [1.165, 1.54) is 0 Å². The highest BCUT2D eigenvalue weighted by molar-refractivity contribution is 6.01. The van der Waals surface area contributed by atoms with Crippen molar-refractivity contribution in [2.75, 3.05) is 18.0 Å². The molecule has 0 saturated carbocycles. The largest absolute Gasteiger partial charge is 0.356 e. The second-order valence-electron chi connectivity index (χ2n) is 6.48. The van der Waals surface area contributed by atoms with E-state index in [2.05, 4.69) is 32.2 Å². The zero-order valence-electron chi connectivity index (χ0n) is 14.0. The molecule has 1 atom stereocenters. The van der Waals surface area contributed by atoms with E-state index >= 15 is 0 Å². The summed E-state index contributed by atoms with van der Waals surface area (Å²) < 4.78 is 0. The highest BCUT2D eigenvalue weighted by Gasteiger charge is 2.36. The Morgan fingerprint density at radius 3 is 2.77 bits per heavy atom. The van der Waals surface area contributed by atoms with E-state index in [-0.39, 0.29) is 17.7 Å². The van der Waals surface area contributed by atoms with Crippen molar-refractivity contribution in [1.29, 1.82) is 0 Å². The van der Waals surface area contributed by atoms with E-state index in [0.29, 0.717) is 25.4 Å². The van der Waals surface area contributed by atoms with Crippen LogP contribution in [0.3, 0.4) is 0 Å². The molecule has 22 heavy (non-hydrogen) atoms. The van der Waals surface area contributed by atoms with Crippen LogP contribution in [-0.2, 0) is 16.0 Å². The summed E-state index contributed by atoms with van der Waals surface area (Å²) >= 11 is 0. The topological polar surface area (TPSA) is 49.4 Å². The van der Waals surface area contributed by atoms with Crippen molar-refractivity contribution in [3.63, 3.8) is 0 Å². The van der Waals surface area contributed by atoms with Gasteiger partial charge < -0.3 is 10.2 Å². The lowest BCUT2D eigenvalue weighted by atomic mass is 10.0. The van der Waals surface area contributed by atoms with Gasteiger partial charge in [-0.15, -0.1) is 0 Å². The molecule has 1 saturated heterocycles. The first kappa shape index (κ1) is 16.5. The van der Waals surface area contributed by atoms with E-state index in [1.54, 1.807) is 4.90 Å². The van der Waals surface area contributed by atoms with Crippen LogP contribution >= 0.6 is 0 Å². The van der Waals surface area contributed by atoms with Gasteiger partial charge in [0.05, 0.1) is 5.92 Å². The number of hydrogen-bond donors (Lipinski definition) is 1. The van der Waals surface area contributed by atoms with E-state index in [9.17, 15) is 9.59 Å². The minimum Gasteiger partial charge on any atom is -0.356 e. The fraction of sp³-hybridized carbons (Fsp3) is 0.556. The molecule has 1 aromatic rings. The zero-order valence-corrected chi connectivity index (χ0v) is 14.0. The molecule has 1 unspecified atom stereocenters. The minimum atomic E-state index is -0.240. The first-order chi connectivity index (χ1) is 10.4. The van der Waals surface area contributed by atoms with Gasteiger partial charge in [-0.3, -0.25) is 9.59 Å². The third-order valence-corrected chi connectivity index (χ3v) is 4.15. The monoisotopic (exact) mass is 302 g/mol. The summed E-state index contributed by atoms with van der Waals surface area (Å²) in [6.07, 6.45) is 1.19. The molecule has 0 spiro atoms. The summed E-state index contributed by atoms with van der Waals surface area (Å²) in [4.78, 5) is 26.4. The van der Waals surface area contributed by atoms with Gasteiger partial charge in [-0.1, -0.05) is 39.0 Å². The van der Waals surface area contributed by atoms with Gasteiger partial charge in [0.2, 0.25) is 11.8 Å². The molecule has 1 heterocycles. The normalized spacial score (nSPS) is 18.1. The van der Waals surface area contributed by atoms with Gasteiger partial charge in [-0.25, -0.2) is 0 Å². The van der Waals surface area contributed by atoms with Crippen molar-refractivity contribution in [3.05, 3.63) is 29.3 Å². The van der Waals surface area contributed by atoms with Gasteiger partial charge in [-0.2, -0.15) is 0 Å². The summed E-state index contributed by atoms with van der Waals surface area (Å²) in [6, 6.07) is 6.10. The van der Waals surface area contributed by atoms with Crippen LogP contribution in [0.15, 0.2) is 18.2 Å². The number of rotatable bonds is 5. The summed E-state index contributed by atoms with van der Waals surface area (Å²) in [5.41, 5.74) is 3.25. The number of benzene rings is 1. The summed E-state index contributed by atoms with van der Waals surface area (Å²) in [6.45, 7) is 9.38. The maximum absolute atomic E-state index is 12.4. The molecule has 0 aliphatic carbocycles. The van der Waals surface area contributed by atoms with Crippen molar-refractivity contribution in [2.45, 2.75) is 40.5 Å². The van der Waals surface area contributed by atoms with E-state index < -0.39 is 0 Å². The Kier molecular flexibility index (Phi) is 5.22. The van der Waals surface area contributed by atoms with Crippen LogP contribution in [0.1, 0.15) is 38.3 Å².